The van der Waals surface area contributed by atoms with Gasteiger partial charge < -0.3 is 5.73 Å². The highest BCUT2D eigenvalue weighted by Gasteiger charge is 2.23. The van der Waals surface area contributed by atoms with Crippen LogP contribution in [0, 0.1) is 0 Å². The second kappa shape index (κ2) is 46.6. The molecular weight excluding hydrogens is 682 g/mol. The SMILES string of the molecule is Br.CCCCCCCCCCCCCCCCC(N)(CCCCCCCCCCCCCCCC)CCCCCCCCCCCCCCCC. The fraction of sp³-hybridized carbons (Fsp3) is 1.00. The van der Waals surface area contributed by atoms with Crippen LogP contribution in [0.1, 0.15) is 310 Å². The van der Waals surface area contributed by atoms with Crippen molar-refractivity contribution >= 4 is 17.0 Å². The van der Waals surface area contributed by atoms with Gasteiger partial charge >= 0.3 is 0 Å². The van der Waals surface area contributed by atoms with Crippen LogP contribution in [0.3, 0.4) is 0 Å². The first-order valence-corrected chi connectivity index (χ1v) is 24.5. The summed E-state index contributed by atoms with van der Waals surface area (Å²) < 4.78 is 0. The zero-order valence-electron chi connectivity index (χ0n) is 36.3. The maximum absolute atomic E-state index is 7.24. The van der Waals surface area contributed by atoms with Crippen molar-refractivity contribution < 1.29 is 0 Å². The molecule has 0 aliphatic carbocycles. The normalized spacial score (nSPS) is 11.8. The molecule has 0 aliphatic rings. The van der Waals surface area contributed by atoms with Gasteiger partial charge in [-0.2, -0.15) is 0 Å². The minimum atomic E-state index is 0. The van der Waals surface area contributed by atoms with Crippen LogP contribution in [0.4, 0.5) is 0 Å². The van der Waals surface area contributed by atoms with Gasteiger partial charge in [-0.05, 0) is 19.3 Å². The van der Waals surface area contributed by atoms with Gasteiger partial charge in [0.2, 0.25) is 0 Å². The zero-order chi connectivity index (χ0) is 36.3. The summed E-state index contributed by atoms with van der Waals surface area (Å²) in [4.78, 5) is 0. The van der Waals surface area contributed by atoms with E-state index in [1.54, 1.807) is 0 Å². The molecule has 0 aromatic heterocycles. The lowest BCUT2D eigenvalue weighted by molar-refractivity contribution is 0.302. The number of unbranched alkanes of at least 4 members (excludes halogenated alkanes) is 39. The molecule has 0 saturated heterocycles. The molecule has 0 rings (SSSR count). The van der Waals surface area contributed by atoms with Crippen molar-refractivity contribution in [2.75, 3.05) is 0 Å². The van der Waals surface area contributed by atoms with Crippen molar-refractivity contribution in [1.29, 1.82) is 0 Å². The molecule has 1 nitrogen and oxygen atoms in total. The third-order valence-electron chi connectivity index (χ3n) is 12.1. The Morgan fingerprint density at radius 3 is 0.471 bits per heavy atom. The van der Waals surface area contributed by atoms with Gasteiger partial charge in [-0.3, -0.25) is 0 Å². The molecule has 0 unspecified atom stereocenters. The topological polar surface area (TPSA) is 26.0 Å². The Labute approximate surface area is 336 Å². The van der Waals surface area contributed by atoms with Gasteiger partial charge in [-0.1, -0.05) is 290 Å². The summed E-state index contributed by atoms with van der Waals surface area (Å²) >= 11 is 0. The summed E-state index contributed by atoms with van der Waals surface area (Å²) in [6.07, 6.45) is 64.4. The molecule has 0 heterocycles. The maximum atomic E-state index is 7.24. The number of hydrogen-bond donors (Lipinski definition) is 1. The third kappa shape index (κ3) is 44.7. The summed E-state index contributed by atoms with van der Waals surface area (Å²) in [5.74, 6) is 0. The molecule has 2 N–H and O–H groups in total. The first-order valence-electron chi connectivity index (χ1n) is 24.5. The first-order chi connectivity index (χ1) is 24.7. The van der Waals surface area contributed by atoms with E-state index in [4.69, 9.17) is 5.73 Å². The van der Waals surface area contributed by atoms with Crippen molar-refractivity contribution in [3.05, 3.63) is 0 Å². The van der Waals surface area contributed by atoms with E-state index in [0.717, 1.165) is 0 Å². The highest BCUT2D eigenvalue weighted by molar-refractivity contribution is 8.93. The number of hydrogen-bond acceptors (Lipinski definition) is 1. The molecule has 0 aromatic rings. The largest absolute Gasteiger partial charge is 0.325 e. The van der Waals surface area contributed by atoms with Gasteiger partial charge in [-0.25, -0.2) is 0 Å². The molecule has 0 fully saturated rings. The fourth-order valence-electron chi connectivity index (χ4n) is 8.39. The van der Waals surface area contributed by atoms with Crippen LogP contribution in [-0.4, -0.2) is 5.54 Å². The lowest BCUT2D eigenvalue weighted by Crippen LogP contribution is -2.39. The minimum Gasteiger partial charge on any atom is -0.325 e. The Morgan fingerprint density at radius 1 is 0.216 bits per heavy atom. The molecule has 51 heavy (non-hydrogen) atoms. The Morgan fingerprint density at radius 2 is 0.333 bits per heavy atom. The van der Waals surface area contributed by atoms with E-state index in [-0.39, 0.29) is 22.5 Å². The molecular formula is C49H102BrN. The van der Waals surface area contributed by atoms with Crippen molar-refractivity contribution in [2.24, 2.45) is 5.73 Å². The van der Waals surface area contributed by atoms with Crippen LogP contribution in [0.5, 0.6) is 0 Å². The zero-order valence-corrected chi connectivity index (χ0v) is 38.0. The van der Waals surface area contributed by atoms with Gasteiger partial charge in [0, 0.05) is 5.54 Å². The smallest absolute Gasteiger partial charge is 0.0154 e. The van der Waals surface area contributed by atoms with E-state index in [1.165, 1.54) is 289 Å². The number of nitrogens with two attached hydrogens (primary N) is 1. The summed E-state index contributed by atoms with van der Waals surface area (Å²) in [5.41, 5.74) is 7.36. The Hall–Kier alpha value is 0.440. The van der Waals surface area contributed by atoms with E-state index in [9.17, 15) is 0 Å². The summed E-state index contributed by atoms with van der Waals surface area (Å²) in [7, 11) is 0. The minimum absolute atomic E-state index is 0. The first kappa shape index (κ1) is 53.5. The highest BCUT2D eigenvalue weighted by Crippen LogP contribution is 2.27. The van der Waals surface area contributed by atoms with Crippen molar-refractivity contribution in [1.82, 2.24) is 0 Å². The fourth-order valence-corrected chi connectivity index (χ4v) is 8.39. The Bertz CT molecular complexity index is 512. The molecule has 0 atom stereocenters. The van der Waals surface area contributed by atoms with Gasteiger partial charge in [-0.15, -0.1) is 17.0 Å². The van der Waals surface area contributed by atoms with Crippen molar-refractivity contribution in [3.8, 4) is 0 Å². The second-order valence-corrected chi connectivity index (χ2v) is 17.4. The Kier molecular flexibility index (Phi) is 48.9. The number of rotatable bonds is 45. The van der Waals surface area contributed by atoms with Crippen LogP contribution in [-0.2, 0) is 0 Å². The van der Waals surface area contributed by atoms with Gasteiger partial charge in [0.1, 0.15) is 0 Å². The molecule has 0 radical (unpaired) electrons. The third-order valence-corrected chi connectivity index (χ3v) is 12.1. The maximum Gasteiger partial charge on any atom is 0.0154 e. The van der Waals surface area contributed by atoms with Crippen LogP contribution in [0.15, 0.2) is 0 Å². The standard InChI is InChI=1S/C49H101N.BrH/c1-4-7-10-13-16-19-22-25-28-31-34-37-40-43-46-49(50,47-44-41-38-35-32-29-26-23-20-17-14-11-8-5-2)48-45-42-39-36-33-30-27-24-21-18-15-12-9-6-3;/h4-48,50H2,1-3H3;1H. The average Bonchev–Trinajstić information content (AvgIpc) is 3.12. The quantitative estimate of drug-likeness (QED) is 0.0612. The lowest BCUT2D eigenvalue weighted by Gasteiger charge is -2.30. The predicted octanol–water partition coefficient (Wildman–Crippen LogP) is 18.9. The van der Waals surface area contributed by atoms with E-state index in [0.29, 0.717) is 0 Å². The number of halogens is 1. The molecule has 0 aliphatic heterocycles. The molecule has 2 heteroatoms. The molecule has 310 valence electrons. The van der Waals surface area contributed by atoms with E-state index in [2.05, 4.69) is 20.8 Å². The van der Waals surface area contributed by atoms with Crippen LogP contribution in [0.2, 0.25) is 0 Å². The Balaban J connectivity index is 0. The summed E-state index contributed by atoms with van der Waals surface area (Å²) in [6.45, 7) is 6.94. The summed E-state index contributed by atoms with van der Waals surface area (Å²) in [5, 5.41) is 0. The van der Waals surface area contributed by atoms with Gasteiger partial charge in [0.25, 0.3) is 0 Å². The average molecular weight is 785 g/mol. The van der Waals surface area contributed by atoms with E-state index in [1.807, 2.05) is 0 Å². The van der Waals surface area contributed by atoms with E-state index < -0.39 is 0 Å². The highest BCUT2D eigenvalue weighted by atomic mass is 79.9. The monoisotopic (exact) mass is 784 g/mol. The summed E-state index contributed by atoms with van der Waals surface area (Å²) in [6, 6.07) is 0. The molecule has 0 aromatic carbocycles. The molecule has 0 spiro atoms. The lowest BCUT2D eigenvalue weighted by atomic mass is 9.82. The van der Waals surface area contributed by atoms with Crippen LogP contribution >= 0.6 is 17.0 Å². The van der Waals surface area contributed by atoms with Crippen LogP contribution < -0.4 is 5.73 Å². The molecule has 0 saturated carbocycles. The van der Waals surface area contributed by atoms with Gasteiger partial charge in [0.15, 0.2) is 0 Å². The van der Waals surface area contributed by atoms with Gasteiger partial charge in [0.05, 0.1) is 0 Å². The predicted molar refractivity (Wildman–Crippen MR) is 242 cm³/mol. The second-order valence-electron chi connectivity index (χ2n) is 17.4. The van der Waals surface area contributed by atoms with Crippen molar-refractivity contribution in [2.45, 2.75) is 315 Å². The molecule has 0 amide bonds. The van der Waals surface area contributed by atoms with Crippen molar-refractivity contribution in [3.63, 3.8) is 0 Å². The van der Waals surface area contributed by atoms with E-state index >= 15 is 0 Å². The molecule has 0 bridgehead atoms. The van der Waals surface area contributed by atoms with Crippen LogP contribution in [0.25, 0.3) is 0 Å².